The molecular formula is C16H15ClN6O3S2. The van der Waals surface area contributed by atoms with Crippen molar-refractivity contribution in [3.8, 4) is 0 Å². The summed E-state index contributed by atoms with van der Waals surface area (Å²) in [6.07, 6.45) is 1.59. The number of nitrogens with one attached hydrogen (secondary N) is 1. The minimum absolute atomic E-state index is 0.0897. The van der Waals surface area contributed by atoms with Crippen LogP contribution < -0.4 is 5.32 Å². The monoisotopic (exact) mass is 438 g/mol. The fourth-order valence-corrected chi connectivity index (χ4v) is 3.98. The van der Waals surface area contributed by atoms with Crippen molar-refractivity contribution in [1.29, 1.82) is 0 Å². The van der Waals surface area contributed by atoms with Crippen molar-refractivity contribution < 1.29 is 14.4 Å². The first-order valence-corrected chi connectivity index (χ1v) is 10.3. The van der Waals surface area contributed by atoms with Crippen LogP contribution in [0.15, 0.2) is 34.3 Å². The number of thioether (sulfide) groups is 2. The van der Waals surface area contributed by atoms with E-state index >= 15 is 0 Å². The smallest absolute Gasteiger partial charge is 0.293 e. The molecule has 146 valence electrons. The Morgan fingerprint density at radius 3 is 2.86 bits per heavy atom. The fourth-order valence-electron chi connectivity index (χ4n) is 2.26. The molecule has 28 heavy (non-hydrogen) atoms. The predicted molar refractivity (Wildman–Crippen MR) is 107 cm³/mol. The summed E-state index contributed by atoms with van der Waals surface area (Å²) >= 11 is 8.13. The minimum Gasteiger partial charge on any atom is -0.354 e. The van der Waals surface area contributed by atoms with Gasteiger partial charge in [0.15, 0.2) is 0 Å². The summed E-state index contributed by atoms with van der Waals surface area (Å²) in [5.74, 6) is -0.516. The molecule has 12 heteroatoms. The zero-order chi connectivity index (χ0) is 20.1. The van der Waals surface area contributed by atoms with Crippen molar-refractivity contribution in [2.75, 3.05) is 18.8 Å². The van der Waals surface area contributed by atoms with Gasteiger partial charge in [0.05, 0.1) is 10.7 Å². The molecule has 1 fully saturated rings. The van der Waals surface area contributed by atoms with Crippen LogP contribution >= 0.6 is 35.1 Å². The van der Waals surface area contributed by atoms with Gasteiger partial charge in [-0.25, -0.2) is 4.68 Å². The van der Waals surface area contributed by atoms with Gasteiger partial charge in [-0.1, -0.05) is 41.6 Å². The Morgan fingerprint density at radius 1 is 1.36 bits per heavy atom. The van der Waals surface area contributed by atoms with Crippen molar-refractivity contribution in [3.63, 3.8) is 0 Å². The number of halogens is 1. The lowest BCUT2D eigenvalue weighted by atomic mass is 10.2. The molecule has 0 aliphatic carbocycles. The van der Waals surface area contributed by atoms with Crippen molar-refractivity contribution in [2.24, 2.45) is 7.05 Å². The topological polar surface area (TPSA) is 110 Å². The molecule has 1 aliphatic rings. The van der Waals surface area contributed by atoms with Gasteiger partial charge in [0, 0.05) is 25.2 Å². The number of nitrogens with zero attached hydrogens (tertiary/aromatic N) is 5. The number of hydrogen-bond donors (Lipinski definition) is 1. The maximum atomic E-state index is 12.5. The van der Waals surface area contributed by atoms with Crippen LogP contribution in [-0.2, 0) is 16.6 Å². The molecule has 0 atom stereocenters. The Morgan fingerprint density at radius 2 is 2.14 bits per heavy atom. The normalized spacial score (nSPS) is 15.5. The Bertz CT molecular complexity index is 948. The molecule has 1 aromatic heterocycles. The molecule has 1 aromatic carbocycles. The number of amides is 3. The lowest BCUT2D eigenvalue weighted by Crippen LogP contribution is -2.37. The Balaban J connectivity index is 1.50. The van der Waals surface area contributed by atoms with Crippen LogP contribution in [0.25, 0.3) is 6.08 Å². The van der Waals surface area contributed by atoms with Gasteiger partial charge in [0.25, 0.3) is 11.1 Å². The summed E-state index contributed by atoms with van der Waals surface area (Å²) in [4.78, 5) is 37.9. The molecule has 0 unspecified atom stereocenters. The van der Waals surface area contributed by atoms with Crippen LogP contribution in [-0.4, -0.2) is 61.0 Å². The molecule has 3 amide bonds. The summed E-state index contributed by atoms with van der Waals surface area (Å²) in [6.45, 7) is 0.250. The van der Waals surface area contributed by atoms with Crippen molar-refractivity contribution in [3.05, 3.63) is 39.8 Å². The van der Waals surface area contributed by atoms with Crippen LogP contribution in [0.2, 0.25) is 5.02 Å². The first-order chi connectivity index (χ1) is 13.5. The summed E-state index contributed by atoms with van der Waals surface area (Å²) in [7, 11) is 1.68. The van der Waals surface area contributed by atoms with E-state index in [1.165, 1.54) is 16.4 Å². The number of aromatic nitrogens is 4. The van der Waals surface area contributed by atoms with Gasteiger partial charge in [-0.2, -0.15) is 0 Å². The molecule has 2 heterocycles. The lowest BCUT2D eigenvalue weighted by molar-refractivity contribution is -0.123. The second kappa shape index (κ2) is 9.22. The van der Waals surface area contributed by atoms with Crippen LogP contribution in [0.5, 0.6) is 0 Å². The van der Waals surface area contributed by atoms with E-state index in [1.807, 2.05) is 0 Å². The number of benzene rings is 1. The van der Waals surface area contributed by atoms with Gasteiger partial charge in [0.1, 0.15) is 0 Å². The highest BCUT2D eigenvalue weighted by molar-refractivity contribution is 8.18. The highest BCUT2D eigenvalue weighted by atomic mass is 35.5. The maximum Gasteiger partial charge on any atom is 0.293 e. The maximum absolute atomic E-state index is 12.5. The minimum atomic E-state index is -0.399. The van der Waals surface area contributed by atoms with Gasteiger partial charge in [-0.3, -0.25) is 19.3 Å². The van der Waals surface area contributed by atoms with E-state index in [1.54, 1.807) is 37.4 Å². The number of carbonyl (C=O) groups excluding carboxylic acids is 3. The van der Waals surface area contributed by atoms with Gasteiger partial charge >= 0.3 is 0 Å². The molecule has 1 N–H and O–H groups in total. The average Bonchev–Trinajstić information content (AvgIpc) is 3.19. The van der Waals surface area contributed by atoms with Gasteiger partial charge in [-0.05, 0) is 39.9 Å². The quantitative estimate of drug-likeness (QED) is 0.514. The van der Waals surface area contributed by atoms with Crippen LogP contribution in [0.1, 0.15) is 5.56 Å². The van der Waals surface area contributed by atoms with Crippen molar-refractivity contribution in [2.45, 2.75) is 5.16 Å². The standard InChI is InChI=1S/C16H15ClN6O3S2/c1-22-15(19-20-21-22)27-9-13(24)18-6-7-23-14(25)12(28-16(23)26)8-10-4-2-3-5-11(10)17/h2-5,8H,6-7,9H2,1H3,(H,18,24)/b12-8-. The number of aryl methyl sites for hydroxylation is 1. The third kappa shape index (κ3) is 4.91. The van der Waals surface area contributed by atoms with Gasteiger partial charge < -0.3 is 5.32 Å². The number of hydrogen-bond acceptors (Lipinski definition) is 8. The molecule has 1 saturated heterocycles. The largest absolute Gasteiger partial charge is 0.354 e. The Labute approximate surface area is 173 Å². The highest BCUT2D eigenvalue weighted by Crippen LogP contribution is 2.33. The predicted octanol–water partition coefficient (Wildman–Crippen LogP) is 1.81. The first-order valence-electron chi connectivity index (χ1n) is 8.07. The van der Waals surface area contributed by atoms with E-state index in [0.717, 1.165) is 16.7 Å². The third-order valence-electron chi connectivity index (χ3n) is 3.64. The Kier molecular flexibility index (Phi) is 6.70. The van der Waals surface area contributed by atoms with E-state index in [4.69, 9.17) is 11.6 Å². The van der Waals surface area contributed by atoms with Crippen LogP contribution in [0.3, 0.4) is 0 Å². The molecule has 2 aromatic rings. The van der Waals surface area contributed by atoms with Crippen LogP contribution in [0, 0.1) is 0 Å². The second-order valence-corrected chi connectivity index (χ2v) is 7.92. The van der Waals surface area contributed by atoms with Crippen molar-refractivity contribution in [1.82, 2.24) is 30.4 Å². The summed E-state index contributed by atoms with van der Waals surface area (Å²) in [5.41, 5.74) is 0.665. The number of tetrazole rings is 1. The molecule has 0 bridgehead atoms. The Hall–Kier alpha value is -2.37. The first kappa shape index (κ1) is 20.4. The number of imide groups is 1. The molecule has 0 radical (unpaired) electrons. The zero-order valence-electron chi connectivity index (χ0n) is 14.7. The molecule has 0 saturated carbocycles. The van der Waals surface area contributed by atoms with Crippen LogP contribution in [0.4, 0.5) is 4.79 Å². The van der Waals surface area contributed by atoms with Gasteiger partial charge in [0.2, 0.25) is 11.1 Å². The SMILES string of the molecule is Cn1nnnc1SCC(=O)NCCN1C(=O)S/C(=C\c2ccccc2Cl)C1=O. The molecule has 0 spiro atoms. The van der Waals surface area contributed by atoms with Gasteiger partial charge in [-0.15, -0.1) is 5.10 Å². The fraction of sp³-hybridized carbons (Fsp3) is 0.250. The summed E-state index contributed by atoms with van der Waals surface area (Å²) < 4.78 is 1.46. The van der Waals surface area contributed by atoms with E-state index in [2.05, 4.69) is 20.8 Å². The summed E-state index contributed by atoms with van der Waals surface area (Å²) in [6, 6.07) is 7.06. The van der Waals surface area contributed by atoms with Crippen molar-refractivity contribution >= 4 is 58.3 Å². The number of carbonyl (C=O) groups is 3. The molecular weight excluding hydrogens is 424 g/mol. The van der Waals surface area contributed by atoms with E-state index < -0.39 is 5.91 Å². The zero-order valence-corrected chi connectivity index (χ0v) is 17.1. The second-order valence-electron chi connectivity index (χ2n) is 5.58. The molecule has 3 rings (SSSR count). The van der Waals surface area contributed by atoms with E-state index in [-0.39, 0.29) is 30.0 Å². The lowest BCUT2D eigenvalue weighted by Gasteiger charge is -2.12. The van der Waals surface area contributed by atoms with E-state index in [9.17, 15) is 14.4 Å². The number of rotatable bonds is 7. The third-order valence-corrected chi connectivity index (χ3v) is 5.90. The molecule has 1 aliphatic heterocycles. The molecule has 9 nitrogen and oxygen atoms in total. The highest BCUT2D eigenvalue weighted by Gasteiger charge is 2.34. The van der Waals surface area contributed by atoms with E-state index in [0.29, 0.717) is 20.6 Å². The summed E-state index contributed by atoms with van der Waals surface area (Å²) in [5, 5.41) is 14.2. The average molecular weight is 439 g/mol.